The maximum Gasteiger partial charge on any atom is 0.335 e. The van der Waals surface area contributed by atoms with Gasteiger partial charge in [-0.15, -0.1) is 0 Å². The van der Waals surface area contributed by atoms with Gasteiger partial charge < -0.3 is 10.0 Å². The Kier molecular flexibility index (Phi) is 2.81. The third-order valence-corrected chi connectivity index (χ3v) is 2.11. The third-order valence-electron chi connectivity index (χ3n) is 2.11. The molecule has 0 bridgehead atoms. The van der Waals surface area contributed by atoms with Crippen LogP contribution in [0.25, 0.3) is 0 Å². The van der Waals surface area contributed by atoms with Crippen LogP contribution in [0.5, 0.6) is 0 Å². The van der Waals surface area contributed by atoms with Crippen LogP contribution in [0, 0.1) is 0 Å². The molecule has 1 aliphatic rings. The summed E-state index contributed by atoms with van der Waals surface area (Å²) in [7, 11) is 0. The highest BCUT2D eigenvalue weighted by molar-refractivity contribution is 5.89. The number of nitrogens with one attached hydrogen (secondary N) is 1. The Morgan fingerprint density at radius 2 is 2.12 bits per heavy atom. The molecule has 0 spiro atoms. The molecule has 2 rings (SSSR count). The first-order valence-corrected chi connectivity index (χ1v) is 4.65. The van der Waals surface area contributed by atoms with Crippen molar-refractivity contribution in [3.05, 3.63) is 29.8 Å². The van der Waals surface area contributed by atoms with Gasteiger partial charge in [0.15, 0.2) is 0 Å². The van der Waals surface area contributed by atoms with Crippen LogP contribution in [-0.4, -0.2) is 30.4 Å². The lowest BCUT2D eigenvalue weighted by atomic mass is 10.2. The molecule has 1 aliphatic heterocycles. The smallest absolute Gasteiger partial charge is 0.335 e. The largest absolute Gasteiger partial charge is 0.478 e. The number of aliphatic imine (C=N–C) groups is 1. The molecule has 0 saturated heterocycles. The lowest BCUT2D eigenvalue weighted by Gasteiger charge is -2.17. The minimum absolute atomic E-state index is 0.264. The molecule has 16 heavy (non-hydrogen) atoms. The van der Waals surface area contributed by atoms with E-state index in [0.717, 1.165) is 5.69 Å². The molecule has 0 saturated carbocycles. The fourth-order valence-electron chi connectivity index (χ4n) is 1.30. The highest BCUT2D eigenvalue weighted by atomic mass is 16.4. The molecule has 0 aromatic heterocycles. The molecule has 1 heterocycles. The lowest BCUT2D eigenvalue weighted by Crippen LogP contribution is -2.29. The summed E-state index contributed by atoms with van der Waals surface area (Å²) in [6, 6.07) is 6.56. The molecule has 1 aromatic rings. The van der Waals surface area contributed by atoms with Crippen molar-refractivity contribution >= 4 is 24.3 Å². The number of carboxylic acids is 1. The summed E-state index contributed by atoms with van der Waals surface area (Å²) < 4.78 is 0. The van der Waals surface area contributed by atoms with Crippen molar-refractivity contribution in [2.24, 2.45) is 10.1 Å². The molecule has 2 N–H and O–H groups in total. The van der Waals surface area contributed by atoms with Crippen LogP contribution < -0.4 is 10.3 Å². The number of hydrogen-bond acceptors (Lipinski definition) is 5. The zero-order valence-corrected chi connectivity index (χ0v) is 8.37. The summed E-state index contributed by atoms with van der Waals surface area (Å²) in [4.78, 5) is 16.4. The number of hydrogen-bond donors (Lipinski definition) is 2. The fourth-order valence-corrected chi connectivity index (χ4v) is 1.30. The summed E-state index contributed by atoms with van der Waals surface area (Å²) in [5.74, 6) is -0.933. The van der Waals surface area contributed by atoms with E-state index in [4.69, 9.17) is 5.11 Å². The van der Waals surface area contributed by atoms with E-state index in [0.29, 0.717) is 6.67 Å². The first-order chi connectivity index (χ1) is 7.77. The molecule has 0 unspecified atom stereocenters. The number of carbonyl (C=O) groups is 1. The molecule has 0 amide bonds. The average Bonchev–Trinajstić information content (AvgIpc) is 2.57. The quantitative estimate of drug-likeness (QED) is 0.766. The van der Waals surface area contributed by atoms with Gasteiger partial charge in [-0.1, -0.05) is 0 Å². The summed E-state index contributed by atoms with van der Waals surface area (Å²) in [5, 5.41) is 12.5. The first-order valence-electron chi connectivity index (χ1n) is 4.65. The van der Waals surface area contributed by atoms with E-state index >= 15 is 0 Å². The first kappa shape index (κ1) is 10.2. The van der Waals surface area contributed by atoms with Gasteiger partial charge in [0.05, 0.1) is 11.9 Å². The summed E-state index contributed by atoms with van der Waals surface area (Å²) in [6.45, 7) is 0.492. The monoisotopic (exact) mass is 218 g/mol. The van der Waals surface area contributed by atoms with E-state index in [1.54, 1.807) is 30.6 Å². The summed E-state index contributed by atoms with van der Waals surface area (Å²) in [5.41, 5.74) is 3.90. The van der Waals surface area contributed by atoms with Crippen molar-refractivity contribution in [1.82, 2.24) is 5.43 Å². The Balaban J connectivity index is 2.18. The minimum Gasteiger partial charge on any atom is -0.478 e. The number of aromatic carboxylic acids is 1. The van der Waals surface area contributed by atoms with Crippen LogP contribution in [0.15, 0.2) is 34.4 Å². The van der Waals surface area contributed by atoms with Gasteiger partial charge in [0.2, 0.25) is 0 Å². The topological polar surface area (TPSA) is 77.3 Å². The molecule has 6 nitrogen and oxygen atoms in total. The number of carboxylic acid groups (broad SMARTS) is 1. The normalized spacial score (nSPS) is 14.4. The third kappa shape index (κ3) is 2.17. The molecular formula is C10H10N4O2. The van der Waals surface area contributed by atoms with Crippen LogP contribution in [0.1, 0.15) is 10.4 Å². The lowest BCUT2D eigenvalue weighted by molar-refractivity contribution is 0.0697. The average molecular weight is 218 g/mol. The number of hydrazone groups is 1. The number of benzene rings is 1. The zero-order valence-electron chi connectivity index (χ0n) is 8.37. The molecule has 0 radical (unpaired) electrons. The van der Waals surface area contributed by atoms with Gasteiger partial charge in [-0.3, -0.25) is 5.43 Å². The molecule has 0 fully saturated rings. The molecule has 6 heteroatoms. The van der Waals surface area contributed by atoms with Gasteiger partial charge in [0.25, 0.3) is 0 Å². The SMILES string of the molecule is O=C(O)c1ccc(N2C=NC=NNC2)cc1. The molecular weight excluding hydrogens is 208 g/mol. The second-order valence-corrected chi connectivity index (χ2v) is 3.15. The standard InChI is InChI=1S/C10H10N4O2/c15-10(16)8-1-3-9(4-2-8)14-6-11-5-12-13-7-14/h1-6,13H,7H2,(H,15,16). The van der Waals surface area contributed by atoms with E-state index < -0.39 is 5.97 Å². The highest BCUT2D eigenvalue weighted by Crippen LogP contribution is 2.13. The van der Waals surface area contributed by atoms with Crippen molar-refractivity contribution in [2.45, 2.75) is 0 Å². The van der Waals surface area contributed by atoms with E-state index in [1.807, 2.05) is 4.90 Å². The van der Waals surface area contributed by atoms with Gasteiger partial charge in [-0.05, 0) is 24.3 Å². The Bertz CT molecular complexity index is 439. The van der Waals surface area contributed by atoms with E-state index in [2.05, 4.69) is 15.5 Å². The molecule has 0 aliphatic carbocycles. The summed E-state index contributed by atoms with van der Waals surface area (Å²) >= 11 is 0. The Morgan fingerprint density at radius 3 is 2.81 bits per heavy atom. The second-order valence-electron chi connectivity index (χ2n) is 3.15. The van der Waals surface area contributed by atoms with Crippen molar-refractivity contribution in [2.75, 3.05) is 11.6 Å². The Hall–Kier alpha value is -2.37. The van der Waals surface area contributed by atoms with Crippen molar-refractivity contribution in [3.63, 3.8) is 0 Å². The predicted octanol–water partition coefficient (Wildman–Crippen LogP) is 0.724. The number of anilines is 1. The van der Waals surface area contributed by atoms with Gasteiger partial charge in [-0.25, -0.2) is 9.79 Å². The number of nitrogens with zero attached hydrogens (tertiary/aromatic N) is 3. The van der Waals surface area contributed by atoms with Crippen molar-refractivity contribution in [1.29, 1.82) is 0 Å². The van der Waals surface area contributed by atoms with Gasteiger partial charge in [-0.2, -0.15) is 5.10 Å². The van der Waals surface area contributed by atoms with Crippen LogP contribution in [0.4, 0.5) is 5.69 Å². The maximum atomic E-state index is 10.7. The molecule has 0 atom stereocenters. The van der Waals surface area contributed by atoms with Crippen molar-refractivity contribution < 1.29 is 9.90 Å². The molecule has 82 valence electrons. The predicted molar refractivity (Wildman–Crippen MR) is 60.9 cm³/mol. The fraction of sp³-hybridized carbons (Fsp3) is 0.100. The van der Waals surface area contributed by atoms with Crippen LogP contribution in [0.3, 0.4) is 0 Å². The van der Waals surface area contributed by atoms with Crippen LogP contribution >= 0.6 is 0 Å². The Labute approximate surface area is 91.9 Å². The van der Waals surface area contributed by atoms with E-state index in [1.165, 1.54) is 6.34 Å². The summed E-state index contributed by atoms with van der Waals surface area (Å²) in [6.07, 6.45) is 3.03. The van der Waals surface area contributed by atoms with Crippen LogP contribution in [0.2, 0.25) is 0 Å². The van der Waals surface area contributed by atoms with Crippen LogP contribution in [-0.2, 0) is 0 Å². The maximum absolute atomic E-state index is 10.7. The second kappa shape index (κ2) is 4.43. The van der Waals surface area contributed by atoms with Gasteiger partial charge >= 0.3 is 5.97 Å². The zero-order chi connectivity index (χ0) is 11.4. The minimum atomic E-state index is -0.933. The van der Waals surface area contributed by atoms with E-state index in [9.17, 15) is 4.79 Å². The van der Waals surface area contributed by atoms with Crippen molar-refractivity contribution in [3.8, 4) is 0 Å². The van der Waals surface area contributed by atoms with Gasteiger partial charge in [0, 0.05) is 5.69 Å². The molecule has 1 aromatic carbocycles. The Morgan fingerprint density at radius 1 is 1.38 bits per heavy atom. The highest BCUT2D eigenvalue weighted by Gasteiger charge is 2.06. The number of rotatable bonds is 2. The van der Waals surface area contributed by atoms with E-state index in [-0.39, 0.29) is 5.56 Å². The van der Waals surface area contributed by atoms with Gasteiger partial charge in [0.1, 0.15) is 13.0 Å².